The van der Waals surface area contributed by atoms with Crippen LogP contribution in [0.2, 0.25) is 12.1 Å². The van der Waals surface area contributed by atoms with Crippen LogP contribution in [0, 0.1) is 0 Å². The van der Waals surface area contributed by atoms with Gasteiger partial charge in [-0.25, -0.2) is 0 Å². The normalized spacial score (nSPS) is 12.1. The maximum absolute atomic E-state index is 6.01. The average Bonchev–Trinajstić information content (AvgIpc) is 2.75. The number of para-hydroxylation sites is 1. The summed E-state index contributed by atoms with van der Waals surface area (Å²) in [4.78, 5) is 2.25. The zero-order valence-corrected chi connectivity index (χ0v) is 24.5. The molecule has 0 amide bonds. The minimum Gasteiger partial charge on any atom is -0.311 e. The summed E-state index contributed by atoms with van der Waals surface area (Å²) in [6.07, 6.45) is 3.57. The molecule has 9 heteroatoms. The number of nitrogens with zero attached hydrogens (tertiary/aromatic N) is 1. The van der Waals surface area contributed by atoms with Gasteiger partial charge in [-0.1, -0.05) is 42.5 Å². The quantitative estimate of drug-likeness (QED) is 0.157. The molecule has 0 spiro atoms. The van der Waals surface area contributed by atoms with Gasteiger partial charge in [0, 0.05) is 17.1 Å². The van der Waals surface area contributed by atoms with E-state index in [2.05, 4.69) is 65.6 Å². The van der Waals surface area contributed by atoms with Gasteiger partial charge >= 0.3 is 12.0 Å². The van der Waals surface area contributed by atoms with Crippen molar-refractivity contribution >= 4 is 95.5 Å². The van der Waals surface area contributed by atoms with E-state index >= 15 is 0 Å². The molecular formula is C24H25Cl6NSi2. The molecule has 3 rings (SSSR count). The molecule has 0 heterocycles. The topological polar surface area (TPSA) is 3.24 Å². The van der Waals surface area contributed by atoms with E-state index in [9.17, 15) is 0 Å². The summed E-state index contributed by atoms with van der Waals surface area (Å²) in [7, 11) is 0. The Labute approximate surface area is 226 Å². The first-order valence-electron chi connectivity index (χ1n) is 10.8. The molecule has 0 atom stereocenters. The van der Waals surface area contributed by atoms with E-state index in [4.69, 9.17) is 66.5 Å². The average molecular weight is 596 g/mol. The van der Waals surface area contributed by atoms with Crippen LogP contribution in [-0.2, 0) is 12.8 Å². The number of aryl methyl sites for hydroxylation is 2. The van der Waals surface area contributed by atoms with Gasteiger partial charge in [0.2, 0.25) is 0 Å². The predicted octanol–water partition coefficient (Wildman–Crippen LogP) is 10.3. The summed E-state index contributed by atoms with van der Waals surface area (Å²) in [6, 6.07) is 23.8. The summed E-state index contributed by atoms with van der Waals surface area (Å²) >= 11 is 36.0. The number of anilines is 3. The molecule has 33 heavy (non-hydrogen) atoms. The molecule has 0 radical (unpaired) electrons. The SMILES string of the molecule is Cl[Si](Cl)(Cl)CCCc1ccc(N(c2ccccc2)c2ccc(CCC[Si](Cl)(Cl)Cl)cc2)cc1. The molecule has 3 aromatic rings. The zero-order valence-electron chi connectivity index (χ0n) is 18.0. The standard InChI is InChI=1S/C24H25Cl6NSi2/c25-32(26,27)18-4-6-20-10-14-23(15-11-20)31(22-8-2-1-3-9-22)24-16-12-21(13-17-24)7-5-19-33(28,29)30/h1-3,8-17H,4-7,18-19H2. The first kappa shape index (κ1) is 27.2. The lowest BCUT2D eigenvalue weighted by molar-refractivity contribution is 0.914. The van der Waals surface area contributed by atoms with Gasteiger partial charge in [0.05, 0.1) is 0 Å². The highest BCUT2D eigenvalue weighted by atomic mass is 35.8. The molecule has 0 saturated heterocycles. The molecule has 0 saturated carbocycles. The van der Waals surface area contributed by atoms with Crippen molar-refractivity contribution in [1.29, 1.82) is 0 Å². The Balaban J connectivity index is 1.76. The van der Waals surface area contributed by atoms with Crippen molar-refractivity contribution in [2.75, 3.05) is 4.90 Å². The van der Waals surface area contributed by atoms with Gasteiger partial charge < -0.3 is 4.90 Å². The highest BCUT2D eigenvalue weighted by molar-refractivity contribution is 7.65. The van der Waals surface area contributed by atoms with E-state index in [1.54, 1.807) is 0 Å². The molecule has 176 valence electrons. The third-order valence-corrected chi connectivity index (χ3v) is 10.5. The lowest BCUT2D eigenvalue weighted by Gasteiger charge is -2.26. The third kappa shape index (κ3) is 9.66. The highest BCUT2D eigenvalue weighted by Crippen LogP contribution is 2.35. The van der Waals surface area contributed by atoms with Crippen LogP contribution in [0.25, 0.3) is 0 Å². The molecule has 0 aliphatic carbocycles. The minimum atomic E-state index is -2.56. The Morgan fingerprint density at radius 1 is 0.485 bits per heavy atom. The van der Waals surface area contributed by atoms with E-state index < -0.39 is 12.0 Å². The maximum atomic E-state index is 6.01. The predicted molar refractivity (Wildman–Crippen MR) is 154 cm³/mol. The molecular weight excluding hydrogens is 571 g/mol. The second kappa shape index (κ2) is 12.6. The Morgan fingerprint density at radius 2 is 0.848 bits per heavy atom. The van der Waals surface area contributed by atoms with E-state index in [0.717, 1.165) is 42.7 Å². The smallest absolute Gasteiger partial charge is 0.311 e. The van der Waals surface area contributed by atoms with E-state index in [0.29, 0.717) is 12.1 Å². The molecule has 0 N–H and O–H groups in total. The number of rotatable bonds is 11. The van der Waals surface area contributed by atoms with Gasteiger partial charge in [-0.05, 0) is 85.3 Å². The van der Waals surface area contributed by atoms with Crippen molar-refractivity contribution < 1.29 is 0 Å². The molecule has 0 aliphatic heterocycles. The summed E-state index contributed by atoms with van der Waals surface area (Å²) in [5.74, 6) is 0. The van der Waals surface area contributed by atoms with Gasteiger partial charge in [-0.3, -0.25) is 0 Å². The fraction of sp³-hybridized carbons (Fsp3) is 0.250. The molecule has 1 nitrogen and oxygen atoms in total. The summed E-state index contributed by atoms with van der Waals surface area (Å²) in [5.41, 5.74) is 5.76. The second-order valence-corrected chi connectivity index (χ2v) is 26.5. The Morgan fingerprint density at radius 3 is 1.21 bits per heavy atom. The van der Waals surface area contributed by atoms with E-state index in [1.165, 1.54) is 11.1 Å². The number of hydrogen-bond acceptors (Lipinski definition) is 1. The number of benzene rings is 3. The number of hydrogen-bond donors (Lipinski definition) is 0. The van der Waals surface area contributed by atoms with Crippen LogP contribution in [0.1, 0.15) is 24.0 Å². The van der Waals surface area contributed by atoms with Crippen molar-refractivity contribution in [3.8, 4) is 0 Å². The minimum absolute atomic E-state index is 0.672. The molecule has 3 aromatic carbocycles. The second-order valence-electron chi connectivity index (χ2n) is 7.94. The summed E-state index contributed by atoms with van der Waals surface area (Å²) in [5, 5.41) is 0. The largest absolute Gasteiger partial charge is 0.341 e. The van der Waals surface area contributed by atoms with Crippen molar-refractivity contribution in [2.24, 2.45) is 0 Å². The molecule has 0 unspecified atom stereocenters. The van der Waals surface area contributed by atoms with Gasteiger partial charge in [-0.2, -0.15) is 0 Å². The number of halogens is 6. The maximum Gasteiger partial charge on any atom is 0.341 e. The van der Waals surface area contributed by atoms with E-state index in [1.807, 2.05) is 18.2 Å². The van der Waals surface area contributed by atoms with Crippen molar-refractivity contribution in [3.63, 3.8) is 0 Å². The first-order valence-corrected chi connectivity index (χ1v) is 21.3. The zero-order chi connectivity index (χ0) is 23.9. The monoisotopic (exact) mass is 593 g/mol. The lowest BCUT2D eigenvalue weighted by atomic mass is 10.1. The van der Waals surface area contributed by atoms with E-state index in [-0.39, 0.29) is 0 Å². The fourth-order valence-electron chi connectivity index (χ4n) is 3.63. The van der Waals surface area contributed by atoms with Crippen molar-refractivity contribution in [1.82, 2.24) is 0 Å². The molecule has 0 aromatic heterocycles. The van der Waals surface area contributed by atoms with Crippen LogP contribution in [0.15, 0.2) is 78.9 Å². The van der Waals surface area contributed by atoms with Crippen molar-refractivity contribution in [3.05, 3.63) is 90.0 Å². The van der Waals surface area contributed by atoms with Gasteiger partial charge in [0.25, 0.3) is 0 Å². The Hall–Kier alpha value is -0.366. The lowest BCUT2D eigenvalue weighted by Crippen LogP contribution is -2.10. The third-order valence-electron chi connectivity index (χ3n) is 5.25. The van der Waals surface area contributed by atoms with Crippen LogP contribution >= 0.6 is 66.5 Å². The highest BCUT2D eigenvalue weighted by Gasteiger charge is 2.24. The van der Waals surface area contributed by atoms with Gasteiger partial charge in [0.15, 0.2) is 0 Å². The summed E-state index contributed by atoms with van der Waals surface area (Å²) in [6.45, 7) is 0. The Kier molecular flexibility index (Phi) is 10.4. The van der Waals surface area contributed by atoms with Crippen molar-refractivity contribution in [2.45, 2.75) is 37.8 Å². The van der Waals surface area contributed by atoms with Gasteiger partial charge in [0.1, 0.15) is 0 Å². The van der Waals surface area contributed by atoms with Gasteiger partial charge in [-0.15, -0.1) is 66.5 Å². The summed E-state index contributed by atoms with van der Waals surface area (Å²) < 4.78 is 0. The van der Waals surface area contributed by atoms with Crippen LogP contribution < -0.4 is 4.90 Å². The van der Waals surface area contributed by atoms with Crippen LogP contribution in [0.5, 0.6) is 0 Å². The fourth-order valence-corrected chi connectivity index (χ4v) is 7.19. The van der Waals surface area contributed by atoms with Crippen LogP contribution in [-0.4, -0.2) is 12.0 Å². The Bertz CT molecular complexity index is 923. The molecule has 0 aliphatic rings. The first-order chi connectivity index (χ1) is 15.6. The molecule has 0 bridgehead atoms. The molecule has 0 fully saturated rings. The van der Waals surface area contributed by atoms with Crippen LogP contribution in [0.3, 0.4) is 0 Å². The van der Waals surface area contributed by atoms with Crippen LogP contribution in [0.4, 0.5) is 17.1 Å².